The number of amidine groups is 1. The van der Waals surface area contributed by atoms with Crippen molar-refractivity contribution in [3.05, 3.63) is 27.1 Å². The van der Waals surface area contributed by atoms with Gasteiger partial charge in [-0.05, 0) is 52.9 Å². The van der Waals surface area contributed by atoms with E-state index in [2.05, 4.69) is 49.3 Å². The molecule has 102 valence electrons. The largest absolute Gasteiger partial charge is 0.334 e. The van der Waals surface area contributed by atoms with Crippen LogP contribution in [0, 0.1) is 5.92 Å². The molecule has 2 aliphatic rings. The van der Waals surface area contributed by atoms with Crippen molar-refractivity contribution in [1.82, 2.24) is 0 Å². The standard InChI is InChI=1S/C14H16Br2N2S/c15-10-5-6-13(11(16)7-10)18-14-17-12-4-2-1-3-9(12)8-19-14/h5-7,9,12H,1-4,8H2,(H,17,18). The highest BCUT2D eigenvalue weighted by molar-refractivity contribution is 9.11. The van der Waals surface area contributed by atoms with E-state index in [-0.39, 0.29) is 0 Å². The SMILES string of the molecule is Brc1ccc(NC2=NC3CCCCC3CS2)c(Br)c1. The molecule has 1 aromatic rings. The topological polar surface area (TPSA) is 24.4 Å². The van der Waals surface area contributed by atoms with Gasteiger partial charge in [0.05, 0.1) is 11.7 Å². The summed E-state index contributed by atoms with van der Waals surface area (Å²) in [6, 6.07) is 6.72. The molecule has 1 heterocycles. The molecule has 1 N–H and O–H groups in total. The predicted molar refractivity (Wildman–Crippen MR) is 91.1 cm³/mol. The van der Waals surface area contributed by atoms with Crippen molar-refractivity contribution in [1.29, 1.82) is 0 Å². The minimum atomic E-state index is 0.548. The lowest BCUT2D eigenvalue weighted by atomic mass is 9.86. The Hall–Kier alpha value is -0.000000000000000111. The maximum atomic E-state index is 4.90. The molecule has 0 bridgehead atoms. The van der Waals surface area contributed by atoms with Crippen LogP contribution in [0.1, 0.15) is 25.7 Å². The molecule has 0 aromatic heterocycles. The van der Waals surface area contributed by atoms with Gasteiger partial charge in [0.2, 0.25) is 0 Å². The number of aliphatic imine (C=N–C) groups is 1. The molecule has 0 saturated heterocycles. The van der Waals surface area contributed by atoms with E-state index in [0.29, 0.717) is 6.04 Å². The summed E-state index contributed by atoms with van der Waals surface area (Å²) in [6.45, 7) is 0. The number of halogens is 2. The fourth-order valence-electron chi connectivity index (χ4n) is 2.70. The Morgan fingerprint density at radius 3 is 2.89 bits per heavy atom. The Balaban J connectivity index is 1.74. The van der Waals surface area contributed by atoms with Gasteiger partial charge in [0.25, 0.3) is 0 Å². The van der Waals surface area contributed by atoms with E-state index in [1.807, 2.05) is 17.8 Å². The first-order valence-electron chi connectivity index (χ1n) is 6.65. The number of fused-ring (bicyclic) bond motifs is 1. The van der Waals surface area contributed by atoms with Gasteiger partial charge in [-0.25, -0.2) is 0 Å². The summed E-state index contributed by atoms with van der Waals surface area (Å²) in [5.41, 5.74) is 1.09. The maximum Gasteiger partial charge on any atom is 0.161 e. The maximum absolute atomic E-state index is 4.90. The first-order chi connectivity index (χ1) is 9.22. The molecular formula is C14H16Br2N2S. The first kappa shape index (κ1) is 14.0. The normalized spacial score (nSPS) is 26.5. The summed E-state index contributed by atoms with van der Waals surface area (Å²) in [7, 11) is 0. The Bertz CT molecular complexity index is 504. The molecule has 1 aliphatic heterocycles. The average molecular weight is 404 g/mol. The Morgan fingerprint density at radius 2 is 2.05 bits per heavy atom. The molecular weight excluding hydrogens is 388 g/mol. The Labute approximate surface area is 135 Å². The second kappa shape index (κ2) is 6.19. The molecule has 1 fully saturated rings. The van der Waals surface area contributed by atoms with Crippen molar-refractivity contribution in [2.75, 3.05) is 11.1 Å². The lowest BCUT2D eigenvalue weighted by Crippen LogP contribution is -2.31. The fourth-order valence-corrected chi connectivity index (χ4v) is 5.00. The van der Waals surface area contributed by atoms with E-state index in [1.54, 1.807) is 0 Å². The number of anilines is 1. The molecule has 1 aromatic carbocycles. The van der Waals surface area contributed by atoms with Crippen molar-refractivity contribution < 1.29 is 0 Å². The minimum Gasteiger partial charge on any atom is -0.334 e. The van der Waals surface area contributed by atoms with Crippen LogP contribution in [-0.4, -0.2) is 17.0 Å². The lowest BCUT2D eigenvalue weighted by molar-refractivity contribution is 0.336. The van der Waals surface area contributed by atoms with Gasteiger partial charge >= 0.3 is 0 Å². The van der Waals surface area contributed by atoms with Crippen LogP contribution < -0.4 is 5.32 Å². The summed E-state index contributed by atoms with van der Waals surface area (Å²) in [5.74, 6) is 2.02. The van der Waals surface area contributed by atoms with E-state index in [0.717, 1.165) is 25.7 Å². The quantitative estimate of drug-likeness (QED) is 0.689. The van der Waals surface area contributed by atoms with E-state index in [9.17, 15) is 0 Å². The van der Waals surface area contributed by atoms with E-state index in [4.69, 9.17) is 4.99 Å². The molecule has 2 nitrogen and oxygen atoms in total. The third kappa shape index (κ3) is 3.37. The van der Waals surface area contributed by atoms with Crippen LogP contribution in [0.4, 0.5) is 5.69 Å². The lowest BCUT2D eigenvalue weighted by Gasteiger charge is -2.32. The van der Waals surface area contributed by atoms with Gasteiger partial charge < -0.3 is 5.32 Å². The third-order valence-corrected chi connectivity index (χ3v) is 5.98. The van der Waals surface area contributed by atoms with Crippen LogP contribution in [0.3, 0.4) is 0 Å². The van der Waals surface area contributed by atoms with Crippen LogP contribution >= 0.6 is 43.6 Å². The zero-order valence-corrected chi connectivity index (χ0v) is 14.5. The van der Waals surface area contributed by atoms with Gasteiger partial charge in [-0.2, -0.15) is 0 Å². The van der Waals surface area contributed by atoms with Crippen molar-refractivity contribution in [2.45, 2.75) is 31.7 Å². The fraction of sp³-hybridized carbons (Fsp3) is 0.500. The highest BCUT2D eigenvalue weighted by Crippen LogP contribution is 2.35. The van der Waals surface area contributed by atoms with E-state index in [1.165, 1.54) is 31.4 Å². The van der Waals surface area contributed by atoms with Gasteiger partial charge in [-0.15, -0.1) is 0 Å². The summed E-state index contributed by atoms with van der Waals surface area (Å²) >= 11 is 8.92. The average Bonchev–Trinajstić information content (AvgIpc) is 2.42. The molecule has 5 heteroatoms. The van der Waals surface area contributed by atoms with Gasteiger partial charge in [0, 0.05) is 14.7 Å². The molecule has 3 rings (SSSR count). The van der Waals surface area contributed by atoms with Gasteiger partial charge in [0.1, 0.15) is 0 Å². The van der Waals surface area contributed by atoms with Crippen LogP contribution in [0.5, 0.6) is 0 Å². The Kier molecular flexibility index (Phi) is 4.54. The predicted octanol–water partition coefficient (Wildman–Crippen LogP) is 5.29. The number of hydrogen-bond acceptors (Lipinski definition) is 3. The highest BCUT2D eigenvalue weighted by atomic mass is 79.9. The van der Waals surface area contributed by atoms with Crippen LogP contribution in [-0.2, 0) is 0 Å². The molecule has 0 amide bonds. The summed E-state index contributed by atoms with van der Waals surface area (Å²) in [4.78, 5) is 4.90. The Morgan fingerprint density at radius 1 is 1.21 bits per heavy atom. The minimum absolute atomic E-state index is 0.548. The molecule has 0 spiro atoms. The molecule has 2 unspecified atom stereocenters. The molecule has 19 heavy (non-hydrogen) atoms. The summed E-state index contributed by atoms with van der Waals surface area (Å²) in [5, 5.41) is 4.53. The number of rotatable bonds is 1. The van der Waals surface area contributed by atoms with Crippen LogP contribution in [0.25, 0.3) is 0 Å². The van der Waals surface area contributed by atoms with Gasteiger partial charge in [0.15, 0.2) is 5.17 Å². The van der Waals surface area contributed by atoms with Crippen molar-refractivity contribution in [2.24, 2.45) is 10.9 Å². The molecule has 1 saturated carbocycles. The smallest absolute Gasteiger partial charge is 0.161 e. The van der Waals surface area contributed by atoms with E-state index >= 15 is 0 Å². The molecule has 1 aliphatic carbocycles. The highest BCUT2D eigenvalue weighted by Gasteiger charge is 2.29. The van der Waals surface area contributed by atoms with Crippen molar-refractivity contribution in [3.63, 3.8) is 0 Å². The zero-order valence-electron chi connectivity index (χ0n) is 10.5. The number of thioether (sulfide) groups is 1. The van der Waals surface area contributed by atoms with E-state index < -0.39 is 0 Å². The summed E-state index contributed by atoms with van der Waals surface area (Å²) < 4.78 is 2.14. The third-order valence-electron chi connectivity index (χ3n) is 3.76. The van der Waals surface area contributed by atoms with Crippen molar-refractivity contribution >= 4 is 54.5 Å². The van der Waals surface area contributed by atoms with Crippen molar-refractivity contribution in [3.8, 4) is 0 Å². The monoisotopic (exact) mass is 402 g/mol. The number of hydrogen-bond donors (Lipinski definition) is 1. The zero-order chi connectivity index (χ0) is 13.2. The van der Waals surface area contributed by atoms with Crippen LogP contribution in [0.15, 0.2) is 32.1 Å². The molecule has 2 atom stereocenters. The van der Waals surface area contributed by atoms with Gasteiger partial charge in [-0.3, -0.25) is 4.99 Å². The number of nitrogens with one attached hydrogen (secondary N) is 1. The first-order valence-corrected chi connectivity index (χ1v) is 9.22. The van der Waals surface area contributed by atoms with Crippen LogP contribution in [0.2, 0.25) is 0 Å². The molecule has 0 radical (unpaired) electrons. The summed E-state index contributed by atoms with van der Waals surface area (Å²) in [6.07, 6.45) is 5.34. The number of benzene rings is 1. The van der Waals surface area contributed by atoms with Gasteiger partial charge in [-0.1, -0.05) is 40.5 Å². The second-order valence-corrected chi connectivity index (χ2v) is 7.89. The second-order valence-electron chi connectivity index (χ2n) is 5.11. The number of nitrogens with zero attached hydrogens (tertiary/aromatic N) is 1.